The minimum atomic E-state index is -0.396. The molecule has 2 amide bonds. The third-order valence-corrected chi connectivity index (χ3v) is 4.84. The standard InChI is InChI=1S/C19H13Br2N3O2/c20-12-6-1-3-8-14(12)23-18(25)16-10-5-11-17(22-16)19(26)24-15-9-4-2-7-13(15)21/h1-11H,(H,23,25)(H,24,26). The molecule has 0 saturated carbocycles. The van der Waals surface area contributed by atoms with E-state index < -0.39 is 11.8 Å². The summed E-state index contributed by atoms with van der Waals surface area (Å²) in [6.07, 6.45) is 0. The zero-order valence-electron chi connectivity index (χ0n) is 13.4. The van der Waals surface area contributed by atoms with Crippen LogP contribution in [0.25, 0.3) is 0 Å². The molecule has 2 aromatic carbocycles. The molecule has 130 valence electrons. The maximum atomic E-state index is 12.4. The first-order valence-corrected chi connectivity index (χ1v) is 9.22. The van der Waals surface area contributed by atoms with Crippen molar-refractivity contribution in [3.8, 4) is 0 Å². The summed E-state index contributed by atoms with van der Waals surface area (Å²) in [4.78, 5) is 29.0. The number of rotatable bonds is 4. The van der Waals surface area contributed by atoms with Crippen molar-refractivity contribution >= 4 is 55.0 Å². The van der Waals surface area contributed by atoms with E-state index in [4.69, 9.17) is 0 Å². The molecular formula is C19H13Br2N3O2. The van der Waals surface area contributed by atoms with Crippen molar-refractivity contribution in [1.82, 2.24) is 4.98 Å². The molecule has 7 heteroatoms. The molecule has 0 unspecified atom stereocenters. The molecule has 0 spiro atoms. The number of halogens is 2. The van der Waals surface area contributed by atoms with Crippen LogP contribution in [-0.2, 0) is 0 Å². The molecule has 1 heterocycles. The van der Waals surface area contributed by atoms with E-state index in [0.29, 0.717) is 11.4 Å². The van der Waals surface area contributed by atoms with Gasteiger partial charge in [-0.3, -0.25) is 9.59 Å². The molecule has 0 radical (unpaired) electrons. The van der Waals surface area contributed by atoms with E-state index in [1.54, 1.807) is 30.3 Å². The van der Waals surface area contributed by atoms with Crippen molar-refractivity contribution < 1.29 is 9.59 Å². The monoisotopic (exact) mass is 473 g/mol. The fraction of sp³-hybridized carbons (Fsp3) is 0. The first-order chi connectivity index (χ1) is 12.5. The van der Waals surface area contributed by atoms with Crippen molar-refractivity contribution in [2.75, 3.05) is 10.6 Å². The Balaban J connectivity index is 1.77. The SMILES string of the molecule is O=C(Nc1ccccc1Br)c1cccc(C(=O)Nc2ccccc2Br)n1. The lowest BCUT2D eigenvalue weighted by molar-refractivity contribution is 0.101. The van der Waals surface area contributed by atoms with Crippen molar-refractivity contribution in [3.05, 3.63) is 87.1 Å². The zero-order valence-corrected chi connectivity index (χ0v) is 16.5. The van der Waals surface area contributed by atoms with E-state index in [1.165, 1.54) is 0 Å². The van der Waals surface area contributed by atoms with E-state index in [2.05, 4.69) is 47.5 Å². The highest BCUT2D eigenvalue weighted by Crippen LogP contribution is 2.23. The number of aromatic nitrogens is 1. The van der Waals surface area contributed by atoms with E-state index >= 15 is 0 Å². The highest BCUT2D eigenvalue weighted by molar-refractivity contribution is 9.11. The van der Waals surface area contributed by atoms with Crippen LogP contribution in [0, 0.1) is 0 Å². The van der Waals surface area contributed by atoms with Gasteiger partial charge < -0.3 is 10.6 Å². The number of anilines is 2. The highest BCUT2D eigenvalue weighted by atomic mass is 79.9. The molecule has 3 aromatic rings. The van der Waals surface area contributed by atoms with E-state index in [0.717, 1.165) is 8.95 Å². The molecule has 0 atom stereocenters. The highest BCUT2D eigenvalue weighted by Gasteiger charge is 2.14. The Bertz CT molecular complexity index is 902. The van der Waals surface area contributed by atoms with Crippen LogP contribution < -0.4 is 10.6 Å². The first kappa shape index (κ1) is 18.3. The topological polar surface area (TPSA) is 71.1 Å². The van der Waals surface area contributed by atoms with Gasteiger partial charge in [-0.1, -0.05) is 30.3 Å². The Labute approximate surface area is 167 Å². The fourth-order valence-corrected chi connectivity index (χ4v) is 2.95. The van der Waals surface area contributed by atoms with Gasteiger partial charge in [0.2, 0.25) is 0 Å². The Morgan fingerprint density at radius 1 is 0.654 bits per heavy atom. The summed E-state index contributed by atoms with van der Waals surface area (Å²) in [5.41, 5.74) is 1.56. The zero-order chi connectivity index (χ0) is 18.5. The summed E-state index contributed by atoms with van der Waals surface area (Å²) in [5, 5.41) is 5.53. The van der Waals surface area contributed by atoms with E-state index in [9.17, 15) is 9.59 Å². The number of benzene rings is 2. The molecule has 1 aromatic heterocycles. The van der Waals surface area contributed by atoms with Crippen LogP contribution in [-0.4, -0.2) is 16.8 Å². The van der Waals surface area contributed by atoms with Gasteiger partial charge in [-0.2, -0.15) is 0 Å². The number of carbonyl (C=O) groups is 2. The molecule has 3 rings (SSSR count). The summed E-state index contributed by atoms with van der Waals surface area (Å²) in [5.74, 6) is -0.792. The lowest BCUT2D eigenvalue weighted by atomic mass is 10.2. The molecule has 0 bridgehead atoms. The molecule has 0 aliphatic heterocycles. The van der Waals surface area contributed by atoms with Crippen LogP contribution in [0.1, 0.15) is 21.0 Å². The number of pyridine rings is 1. The minimum Gasteiger partial charge on any atom is -0.320 e. The van der Waals surface area contributed by atoms with Crippen LogP contribution in [0.3, 0.4) is 0 Å². The third kappa shape index (κ3) is 4.36. The van der Waals surface area contributed by atoms with Gasteiger partial charge in [0.05, 0.1) is 11.4 Å². The number of carbonyl (C=O) groups excluding carboxylic acids is 2. The maximum absolute atomic E-state index is 12.4. The van der Waals surface area contributed by atoms with Crippen LogP contribution in [0.5, 0.6) is 0 Å². The normalized spacial score (nSPS) is 10.2. The van der Waals surface area contributed by atoms with Crippen LogP contribution in [0.2, 0.25) is 0 Å². The second kappa shape index (κ2) is 8.25. The van der Waals surface area contributed by atoms with Gasteiger partial charge in [-0.15, -0.1) is 0 Å². The van der Waals surface area contributed by atoms with E-state index in [-0.39, 0.29) is 11.4 Å². The predicted octanol–water partition coefficient (Wildman–Crippen LogP) is 5.11. The molecule has 0 fully saturated rings. The van der Waals surface area contributed by atoms with Crippen LogP contribution in [0.15, 0.2) is 75.7 Å². The largest absolute Gasteiger partial charge is 0.320 e. The van der Waals surface area contributed by atoms with Gasteiger partial charge in [0.15, 0.2) is 0 Å². The van der Waals surface area contributed by atoms with Crippen molar-refractivity contribution in [2.24, 2.45) is 0 Å². The average Bonchev–Trinajstić information content (AvgIpc) is 2.65. The maximum Gasteiger partial charge on any atom is 0.274 e. The Kier molecular flexibility index (Phi) is 5.80. The first-order valence-electron chi connectivity index (χ1n) is 7.63. The Morgan fingerprint density at radius 3 is 1.50 bits per heavy atom. The molecule has 0 saturated heterocycles. The molecule has 26 heavy (non-hydrogen) atoms. The Hall–Kier alpha value is -2.51. The van der Waals surface area contributed by atoms with Gasteiger partial charge in [0, 0.05) is 8.95 Å². The quantitative estimate of drug-likeness (QED) is 0.551. The molecular weight excluding hydrogens is 462 g/mol. The minimum absolute atomic E-state index is 0.153. The number of hydrogen-bond acceptors (Lipinski definition) is 3. The van der Waals surface area contributed by atoms with Crippen LogP contribution >= 0.6 is 31.9 Å². The summed E-state index contributed by atoms with van der Waals surface area (Å²) < 4.78 is 1.52. The van der Waals surface area contributed by atoms with Gasteiger partial charge in [-0.25, -0.2) is 4.98 Å². The number of hydrogen-bond donors (Lipinski definition) is 2. The summed E-state index contributed by atoms with van der Waals surface area (Å²) in [6.45, 7) is 0. The van der Waals surface area contributed by atoms with Gasteiger partial charge in [-0.05, 0) is 68.3 Å². The second-order valence-corrected chi connectivity index (χ2v) is 6.98. The summed E-state index contributed by atoms with van der Waals surface area (Å²) in [7, 11) is 0. The number of amides is 2. The van der Waals surface area contributed by atoms with Crippen molar-refractivity contribution in [3.63, 3.8) is 0 Å². The summed E-state index contributed by atoms with van der Waals surface area (Å²) >= 11 is 6.75. The molecule has 0 aliphatic rings. The van der Waals surface area contributed by atoms with Gasteiger partial charge in [0.1, 0.15) is 11.4 Å². The van der Waals surface area contributed by atoms with Gasteiger partial charge >= 0.3 is 0 Å². The van der Waals surface area contributed by atoms with Crippen molar-refractivity contribution in [2.45, 2.75) is 0 Å². The number of nitrogens with one attached hydrogen (secondary N) is 2. The lowest BCUT2D eigenvalue weighted by Crippen LogP contribution is -2.18. The van der Waals surface area contributed by atoms with Gasteiger partial charge in [0.25, 0.3) is 11.8 Å². The average molecular weight is 475 g/mol. The number of para-hydroxylation sites is 2. The molecule has 2 N–H and O–H groups in total. The number of nitrogens with zero attached hydrogens (tertiary/aromatic N) is 1. The molecule has 5 nitrogen and oxygen atoms in total. The summed E-state index contributed by atoms with van der Waals surface area (Å²) in [6, 6.07) is 19.3. The van der Waals surface area contributed by atoms with E-state index in [1.807, 2.05) is 36.4 Å². The third-order valence-electron chi connectivity index (χ3n) is 3.46. The second-order valence-electron chi connectivity index (χ2n) is 5.28. The Morgan fingerprint density at radius 2 is 1.08 bits per heavy atom. The molecule has 0 aliphatic carbocycles. The smallest absolute Gasteiger partial charge is 0.274 e. The fourth-order valence-electron chi connectivity index (χ4n) is 2.19. The predicted molar refractivity (Wildman–Crippen MR) is 108 cm³/mol. The van der Waals surface area contributed by atoms with Crippen molar-refractivity contribution in [1.29, 1.82) is 0 Å². The lowest BCUT2D eigenvalue weighted by Gasteiger charge is -2.09. The van der Waals surface area contributed by atoms with Crippen LogP contribution in [0.4, 0.5) is 11.4 Å².